The summed E-state index contributed by atoms with van der Waals surface area (Å²) in [5.74, 6) is 0.665. The Kier molecular flexibility index (Phi) is 8.16. The number of ether oxygens (including phenoxy) is 2. The molecule has 1 aromatic rings. The highest BCUT2D eigenvalue weighted by molar-refractivity contribution is 14.1. The highest BCUT2D eigenvalue weighted by Gasteiger charge is 2.21. The van der Waals surface area contributed by atoms with E-state index in [2.05, 4.69) is 22.6 Å². The third-order valence-corrected chi connectivity index (χ3v) is 3.94. The molecule has 140 valence electrons. The predicted octanol–water partition coefficient (Wildman–Crippen LogP) is 3.31. The van der Waals surface area contributed by atoms with E-state index in [-0.39, 0.29) is 19.7 Å². The average Bonchev–Trinajstić information content (AvgIpc) is 2.44. The van der Waals surface area contributed by atoms with Crippen molar-refractivity contribution in [2.45, 2.75) is 26.4 Å². The third-order valence-electron chi connectivity index (χ3n) is 2.69. The first-order valence-corrected chi connectivity index (χ1v) is 10.0. The second-order valence-corrected chi connectivity index (χ2v) is 8.66. The molecule has 0 spiro atoms. The van der Waals surface area contributed by atoms with Crippen molar-refractivity contribution in [3.05, 3.63) is 39.3 Å². The van der Waals surface area contributed by atoms with Crippen molar-refractivity contribution in [1.29, 1.82) is 0 Å². The van der Waals surface area contributed by atoms with E-state index in [1.54, 1.807) is 20.8 Å². The number of benzene rings is 1. The van der Waals surface area contributed by atoms with E-state index in [9.17, 15) is 13.2 Å². The lowest BCUT2D eigenvalue weighted by atomic mass is 10.2. The van der Waals surface area contributed by atoms with Crippen molar-refractivity contribution in [2.75, 3.05) is 19.7 Å². The Labute approximate surface area is 161 Å². The highest BCUT2D eigenvalue weighted by atomic mass is 127. The number of nitrogens with zero attached hydrogens (tertiary/aromatic N) is 1. The van der Waals surface area contributed by atoms with Gasteiger partial charge < -0.3 is 14.4 Å². The second kappa shape index (κ2) is 9.39. The highest BCUT2D eigenvalue weighted by Crippen LogP contribution is 2.14. The molecule has 0 aliphatic carbocycles. The van der Waals surface area contributed by atoms with Crippen LogP contribution >= 0.6 is 22.6 Å². The fourth-order valence-corrected chi connectivity index (χ4v) is 2.37. The minimum atomic E-state index is -4.24. The molecule has 0 saturated carbocycles. The standard InChI is InChI=1S/C16H22INO6S/c1-16(2,3)24-15(19)18(9-4-12-25(20,21)22)10-11-23-14-7-5-13(17)6-8-14/h4-8,12H,9-11H2,1-3H3,(H,20,21,22). The number of amides is 1. The van der Waals surface area contributed by atoms with Crippen LogP contribution in [0.2, 0.25) is 0 Å². The van der Waals surface area contributed by atoms with Crippen molar-refractivity contribution in [2.24, 2.45) is 0 Å². The van der Waals surface area contributed by atoms with Crippen LogP contribution < -0.4 is 4.74 Å². The zero-order chi connectivity index (χ0) is 19.1. The SMILES string of the molecule is CC(C)(C)OC(=O)N(CC=CS(=O)(=O)O)CCOc1ccc(I)cc1. The molecule has 9 heteroatoms. The fourth-order valence-electron chi connectivity index (χ4n) is 1.68. The number of hydrogen-bond acceptors (Lipinski definition) is 5. The van der Waals surface area contributed by atoms with Gasteiger partial charge in [-0.1, -0.05) is 6.08 Å². The maximum Gasteiger partial charge on any atom is 0.410 e. The van der Waals surface area contributed by atoms with Gasteiger partial charge >= 0.3 is 6.09 Å². The maximum atomic E-state index is 12.2. The summed E-state index contributed by atoms with van der Waals surface area (Å²) < 4.78 is 42.2. The zero-order valence-electron chi connectivity index (χ0n) is 14.3. The van der Waals surface area contributed by atoms with E-state index in [4.69, 9.17) is 14.0 Å². The van der Waals surface area contributed by atoms with Crippen LogP contribution in [0.3, 0.4) is 0 Å². The van der Waals surface area contributed by atoms with Gasteiger partial charge in [0.25, 0.3) is 10.1 Å². The molecular formula is C16H22INO6S. The van der Waals surface area contributed by atoms with Gasteiger partial charge in [-0.3, -0.25) is 4.55 Å². The number of hydrogen-bond donors (Lipinski definition) is 1. The molecule has 0 atom stereocenters. The summed E-state index contributed by atoms with van der Waals surface area (Å²) in [5.41, 5.74) is -0.681. The van der Waals surface area contributed by atoms with Gasteiger partial charge in [0, 0.05) is 10.1 Å². The Hall–Kier alpha value is -1.33. The van der Waals surface area contributed by atoms with Gasteiger partial charge in [0.05, 0.1) is 12.0 Å². The average molecular weight is 483 g/mol. The first kappa shape index (κ1) is 21.7. The van der Waals surface area contributed by atoms with Crippen LogP contribution in [0.5, 0.6) is 5.75 Å². The van der Waals surface area contributed by atoms with Crippen LogP contribution in [-0.4, -0.2) is 49.3 Å². The molecule has 0 radical (unpaired) electrons. The molecule has 0 aliphatic rings. The lowest BCUT2D eigenvalue weighted by molar-refractivity contribution is 0.0249. The Morgan fingerprint density at radius 1 is 1.28 bits per heavy atom. The van der Waals surface area contributed by atoms with Crippen molar-refractivity contribution in [3.8, 4) is 5.75 Å². The smallest absolute Gasteiger partial charge is 0.410 e. The van der Waals surface area contributed by atoms with Crippen molar-refractivity contribution < 1.29 is 27.2 Å². The lowest BCUT2D eigenvalue weighted by Gasteiger charge is -2.26. The minimum Gasteiger partial charge on any atom is -0.492 e. The Morgan fingerprint density at radius 2 is 1.88 bits per heavy atom. The summed E-state index contributed by atoms with van der Waals surface area (Å²) in [6.45, 7) is 5.57. The molecule has 1 amide bonds. The Morgan fingerprint density at radius 3 is 2.40 bits per heavy atom. The van der Waals surface area contributed by atoms with E-state index in [1.165, 1.54) is 11.0 Å². The van der Waals surface area contributed by atoms with E-state index < -0.39 is 21.8 Å². The maximum absolute atomic E-state index is 12.2. The molecule has 1 rings (SSSR count). The van der Waals surface area contributed by atoms with Gasteiger partial charge in [0.2, 0.25) is 0 Å². The van der Waals surface area contributed by atoms with Gasteiger partial charge in [-0.15, -0.1) is 0 Å². The molecular weight excluding hydrogens is 461 g/mol. The topological polar surface area (TPSA) is 93.1 Å². The summed E-state index contributed by atoms with van der Waals surface area (Å²) in [5, 5.41) is 0.629. The van der Waals surface area contributed by atoms with E-state index in [0.29, 0.717) is 11.2 Å². The fraction of sp³-hybridized carbons (Fsp3) is 0.438. The normalized spacial score (nSPS) is 12.2. The van der Waals surface area contributed by atoms with Gasteiger partial charge in [-0.25, -0.2) is 4.79 Å². The van der Waals surface area contributed by atoms with Crippen LogP contribution in [0.1, 0.15) is 20.8 Å². The van der Waals surface area contributed by atoms with Crippen LogP contribution in [0.25, 0.3) is 0 Å². The second-order valence-electron chi connectivity index (χ2n) is 6.12. The molecule has 0 fully saturated rings. The number of carbonyl (C=O) groups is 1. The molecule has 25 heavy (non-hydrogen) atoms. The minimum absolute atomic E-state index is 0.0370. The summed E-state index contributed by atoms with van der Waals surface area (Å²) >= 11 is 2.19. The van der Waals surface area contributed by atoms with Gasteiger partial charge in [-0.2, -0.15) is 8.42 Å². The molecule has 0 heterocycles. The van der Waals surface area contributed by atoms with Crippen LogP contribution in [0, 0.1) is 3.57 Å². The summed E-state index contributed by atoms with van der Waals surface area (Å²) in [7, 11) is -4.24. The largest absolute Gasteiger partial charge is 0.492 e. The first-order valence-electron chi connectivity index (χ1n) is 7.46. The predicted molar refractivity (Wildman–Crippen MR) is 103 cm³/mol. The van der Waals surface area contributed by atoms with Crippen LogP contribution in [0.4, 0.5) is 4.79 Å². The van der Waals surface area contributed by atoms with Crippen LogP contribution in [-0.2, 0) is 14.9 Å². The molecule has 1 N–H and O–H groups in total. The van der Waals surface area contributed by atoms with Crippen molar-refractivity contribution in [1.82, 2.24) is 4.90 Å². The molecule has 0 unspecified atom stereocenters. The van der Waals surface area contributed by atoms with Crippen molar-refractivity contribution in [3.63, 3.8) is 0 Å². The van der Waals surface area contributed by atoms with Crippen LogP contribution in [0.15, 0.2) is 35.7 Å². The number of carbonyl (C=O) groups excluding carboxylic acids is 1. The summed E-state index contributed by atoms with van der Waals surface area (Å²) in [4.78, 5) is 13.5. The first-order chi connectivity index (χ1) is 11.5. The van der Waals surface area contributed by atoms with Crippen molar-refractivity contribution >= 4 is 38.8 Å². The van der Waals surface area contributed by atoms with Gasteiger partial charge in [0.15, 0.2) is 0 Å². The monoisotopic (exact) mass is 483 g/mol. The Balaban J connectivity index is 2.67. The molecule has 0 bridgehead atoms. The van der Waals surface area contributed by atoms with E-state index in [0.717, 1.165) is 3.57 Å². The van der Waals surface area contributed by atoms with E-state index in [1.807, 2.05) is 24.3 Å². The van der Waals surface area contributed by atoms with Gasteiger partial charge in [0.1, 0.15) is 18.0 Å². The molecule has 7 nitrogen and oxygen atoms in total. The molecule has 1 aromatic carbocycles. The zero-order valence-corrected chi connectivity index (χ0v) is 17.3. The molecule has 0 saturated heterocycles. The lowest BCUT2D eigenvalue weighted by Crippen LogP contribution is -2.39. The summed E-state index contributed by atoms with van der Waals surface area (Å²) in [6, 6.07) is 7.43. The molecule has 0 aliphatic heterocycles. The quantitative estimate of drug-likeness (QED) is 0.473. The Bertz CT molecular complexity index is 694. The molecule has 0 aromatic heterocycles. The number of halogens is 1. The number of rotatable bonds is 7. The van der Waals surface area contributed by atoms with Gasteiger partial charge in [-0.05, 0) is 67.6 Å². The third kappa shape index (κ3) is 10.3. The van der Waals surface area contributed by atoms with E-state index >= 15 is 0 Å². The summed E-state index contributed by atoms with van der Waals surface area (Å²) in [6.07, 6.45) is 0.572.